The van der Waals surface area contributed by atoms with Gasteiger partial charge in [-0.3, -0.25) is 9.59 Å². The van der Waals surface area contributed by atoms with E-state index in [0.29, 0.717) is 33.3 Å². The van der Waals surface area contributed by atoms with Crippen molar-refractivity contribution in [1.29, 1.82) is 0 Å². The summed E-state index contributed by atoms with van der Waals surface area (Å²) in [4.78, 5) is 26.9. The molecule has 2 aromatic carbocycles. The van der Waals surface area contributed by atoms with Crippen molar-refractivity contribution in [2.45, 2.75) is 20.8 Å². The van der Waals surface area contributed by atoms with E-state index in [0.717, 1.165) is 16.8 Å². The van der Waals surface area contributed by atoms with Gasteiger partial charge in [-0.25, -0.2) is 4.68 Å². The van der Waals surface area contributed by atoms with Gasteiger partial charge in [-0.05, 0) is 61.5 Å². The topological polar surface area (TPSA) is 73.2 Å². The molecule has 0 aliphatic rings. The van der Waals surface area contributed by atoms with Crippen LogP contribution in [-0.4, -0.2) is 22.8 Å². The van der Waals surface area contributed by atoms with Gasteiger partial charge in [0, 0.05) is 5.56 Å². The van der Waals surface area contributed by atoms with E-state index in [2.05, 4.69) is 10.4 Å². The number of methoxy groups -OCH3 is 1. The van der Waals surface area contributed by atoms with Crippen molar-refractivity contribution in [3.8, 4) is 22.6 Å². The molecule has 0 saturated heterocycles. The number of ether oxygens (including phenoxy) is 1. The second-order valence-electron chi connectivity index (χ2n) is 7.45. The average molecular weight is 446 g/mol. The van der Waals surface area contributed by atoms with Gasteiger partial charge in [0.15, 0.2) is 0 Å². The normalized spacial score (nSPS) is 10.8. The first kappa shape index (κ1) is 21.5. The largest absolute Gasteiger partial charge is 0.496 e. The zero-order chi connectivity index (χ0) is 22.8. The van der Waals surface area contributed by atoms with Crippen molar-refractivity contribution >= 4 is 23.1 Å². The van der Waals surface area contributed by atoms with E-state index in [9.17, 15) is 9.59 Å². The smallest absolute Gasteiger partial charge is 0.266 e. The molecule has 2 aromatic heterocycles. The second kappa shape index (κ2) is 8.80. The van der Waals surface area contributed by atoms with Crippen molar-refractivity contribution < 1.29 is 9.53 Å². The summed E-state index contributed by atoms with van der Waals surface area (Å²) in [6.45, 7) is 5.71. The highest BCUT2D eigenvalue weighted by Gasteiger charge is 2.23. The molecule has 1 amide bonds. The highest BCUT2D eigenvalue weighted by molar-refractivity contribution is 7.12. The van der Waals surface area contributed by atoms with E-state index in [-0.39, 0.29) is 11.3 Å². The van der Waals surface area contributed by atoms with Gasteiger partial charge in [0.2, 0.25) is 5.43 Å². The van der Waals surface area contributed by atoms with Crippen LogP contribution in [-0.2, 0) is 0 Å². The Morgan fingerprint density at radius 3 is 2.50 bits per heavy atom. The summed E-state index contributed by atoms with van der Waals surface area (Å²) in [5.41, 5.74) is 3.93. The van der Waals surface area contributed by atoms with Crippen molar-refractivity contribution in [3.63, 3.8) is 0 Å². The standard InChI is InChI=1S/C25H23N3O3S/c1-15-11-12-18(14-16(15)2)28-24(26-25(30)21-10-7-13-32-21)22(23(29)17(3)27-28)19-8-5-6-9-20(19)31-4/h5-14H,1-4H3,(H,26,30). The van der Waals surface area contributed by atoms with E-state index in [1.807, 2.05) is 55.6 Å². The number of aryl methyl sites for hydroxylation is 3. The molecule has 1 N–H and O–H groups in total. The monoisotopic (exact) mass is 445 g/mol. The second-order valence-corrected chi connectivity index (χ2v) is 8.40. The number of amides is 1. The molecule has 0 fully saturated rings. The van der Waals surface area contributed by atoms with Crippen LogP contribution in [0.3, 0.4) is 0 Å². The number of carbonyl (C=O) groups excluding carboxylic acids is 1. The number of rotatable bonds is 5. The molecule has 2 heterocycles. The fraction of sp³-hybridized carbons (Fsp3) is 0.160. The van der Waals surface area contributed by atoms with Crippen LogP contribution < -0.4 is 15.5 Å². The summed E-state index contributed by atoms with van der Waals surface area (Å²) in [7, 11) is 1.55. The predicted octanol–water partition coefficient (Wildman–Crippen LogP) is 5.15. The zero-order valence-corrected chi connectivity index (χ0v) is 19.1. The van der Waals surface area contributed by atoms with Crippen molar-refractivity contribution in [2.75, 3.05) is 12.4 Å². The third-order valence-corrected chi connectivity index (χ3v) is 6.21. The minimum absolute atomic E-state index is 0.268. The Bertz CT molecular complexity index is 1360. The average Bonchev–Trinajstić information content (AvgIpc) is 3.33. The Hall–Kier alpha value is -3.71. The lowest BCUT2D eigenvalue weighted by molar-refractivity contribution is 0.102. The summed E-state index contributed by atoms with van der Waals surface area (Å²) < 4.78 is 7.15. The fourth-order valence-corrected chi connectivity index (χ4v) is 4.10. The van der Waals surface area contributed by atoms with E-state index >= 15 is 0 Å². The van der Waals surface area contributed by atoms with E-state index < -0.39 is 0 Å². The van der Waals surface area contributed by atoms with Crippen LogP contribution in [0, 0.1) is 20.8 Å². The van der Waals surface area contributed by atoms with Gasteiger partial charge in [0.05, 0.1) is 23.2 Å². The SMILES string of the molecule is COc1ccccc1-c1c(NC(=O)c2cccs2)n(-c2ccc(C)c(C)c2)nc(C)c1=O. The van der Waals surface area contributed by atoms with Crippen LogP contribution in [0.1, 0.15) is 26.5 Å². The maximum Gasteiger partial charge on any atom is 0.266 e. The minimum Gasteiger partial charge on any atom is -0.496 e. The van der Waals surface area contributed by atoms with Crippen molar-refractivity contribution in [1.82, 2.24) is 9.78 Å². The quantitative estimate of drug-likeness (QED) is 0.461. The molecule has 0 radical (unpaired) electrons. The van der Waals surface area contributed by atoms with Crippen molar-refractivity contribution in [2.24, 2.45) is 0 Å². The first-order valence-electron chi connectivity index (χ1n) is 10.1. The molecule has 4 rings (SSSR count). The summed E-state index contributed by atoms with van der Waals surface area (Å²) in [5, 5.41) is 9.32. The number of aromatic nitrogens is 2. The van der Waals surface area contributed by atoms with Gasteiger partial charge in [0.1, 0.15) is 17.3 Å². The number of nitrogens with zero attached hydrogens (tertiary/aromatic N) is 2. The number of anilines is 1. The van der Waals surface area contributed by atoms with E-state index in [4.69, 9.17) is 4.74 Å². The number of nitrogens with one attached hydrogen (secondary N) is 1. The van der Waals surface area contributed by atoms with Gasteiger partial charge >= 0.3 is 0 Å². The third kappa shape index (κ3) is 3.94. The molecule has 4 aromatic rings. The van der Waals surface area contributed by atoms with Crippen LogP contribution in [0.15, 0.2) is 64.8 Å². The number of hydrogen-bond donors (Lipinski definition) is 1. The van der Waals surface area contributed by atoms with Crippen LogP contribution >= 0.6 is 11.3 Å². The molecule has 162 valence electrons. The predicted molar refractivity (Wildman–Crippen MR) is 128 cm³/mol. The summed E-state index contributed by atoms with van der Waals surface area (Å²) in [6.07, 6.45) is 0. The molecule has 7 heteroatoms. The number of thiophene rings is 1. The molecule has 6 nitrogen and oxygen atoms in total. The van der Waals surface area contributed by atoms with E-state index in [1.165, 1.54) is 11.3 Å². The maximum atomic E-state index is 13.4. The number of carbonyl (C=O) groups is 1. The summed E-state index contributed by atoms with van der Waals surface area (Å²) >= 11 is 1.33. The lowest BCUT2D eigenvalue weighted by Crippen LogP contribution is -2.24. The molecular formula is C25H23N3O3S. The molecule has 0 unspecified atom stereocenters. The molecular weight excluding hydrogens is 422 g/mol. The summed E-state index contributed by atoms with van der Waals surface area (Å²) in [6, 6.07) is 16.7. The Labute approximate surface area is 190 Å². The third-order valence-electron chi connectivity index (χ3n) is 5.34. The molecule has 0 atom stereocenters. The molecule has 0 aliphatic heterocycles. The molecule has 0 saturated carbocycles. The molecule has 32 heavy (non-hydrogen) atoms. The minimum atomic E-state index is -0.307. The van der Waals surface area contributed by atoms with E-state index in [1.54, 1.807) is 36.9 Å². The number of benzene rings is 2. The van der Waals surface area contributed by atoms with Gasteiger partial charge in [-0.1, -0.05) is 30.3 Å². The molecule has 0 bridgehead atoms. The Morgan fingerprint density at radius 2 is 1.81 bits per heavy atom. The fourth-order valence-electron chi connectivity index (χ4n) is 3.48. The maximum absolute atomic E-state index is 13.4. The van der Waals surface area contributed by atoms with Crippen LogP contribution in [0.5, 0.6) is 5.75 Å². The lowest BCUT2D eigenvalue weighted by Gasteiger charge is -2.19. The molecule has 0 spiro atoms. The zero-order valence-electron chi connectivity index (χ0n) is 18.3. The molecule has 0 aliphatic carbocycles. The van der Waals surface area contributed by atoms with Gasteiger partial charge in [0.25, 0.3) is 5.91 Å². The first-order chi connectivity index (χ1) is 15.4. The number of para-hydroxylation sites is 1. The Morgan fingerprint density at radius 1 is 1.03 bits per heavy atom. The number of hydrogen-bond acceptors (Lipinski definition) is 5. The first-order valence-corrected chi connectivity index (χ1v) is 11.0. The highest BCUT2D eigenvalue weighted by atomic mass is 32.1. The van der Waals surface area contributed by atoms with Crippen LogP contribution in [0.4, 0.5) is 5.82 Å². The van der Waals surface area contributed by atoms with Crippen LogP contribution in [0.2, 0.25) is 0 Å². The summed E-state index contributed by atoms with van der Waals surface area (Å²) in [5.74, 6) is 0.527. The van der Waals surface area contributed by atoms with Gasteiger partial charge < -0.3 is 10.1 Å². The van der Waals surface area contributed by atoms with Gasteiger partial charge in [-0.2, -0.15) is 5.10 Å². The Balaban J connectivity index is 2.03. The van der Waals surface area contributed by atoms with Crippen LogP contribution in [0.25, 0.3) is 16.8 Å². The van der Waals surface area contributed by atoms with Crippen molar-refractivity contribution in [3.05, 3.63) is 91.9 Å². The van der Waals surface area contributed by atoms with Gasteiger partial charge in [-0.15, -0.1) is 11.3 Å². The lowest BCUT2D eigenvalue weighted by atomic mass is 10.0. The Kier molecular flexibility index (Phi) is 5.92. The highest BCUT2D eigenvalue weighted by Crippen LogP contribution is 2.34.